The molecule has 0 spiro atoms. The Balaban J connectivity index is 1.96. The van der Waals surface area contributed by atoms with Gasteiger partial charge in [-0.2, -0.15) is 4.98 Å². The smallest absolute Gasteiger partial charge is 0.307 e. The molecule has 1 aliphatic carbocycles. The Hall–Kier alpha value is -1.43. The molecule has 0 unspecified atom stereocenters. The van der Waals surface area contributed by atoms with Crippen LogP contribution in [0.25, 0.3) is 0 Å². The number of nitrogens with zero attached hydrogens (tertiary/aromatic N) is 3. The molecular weight excluding hydrogens is 342 g/mol. The third-order valence-corrected chi connectivity index (χ3v) is 5.01. The molecule has 1 atom stereocenters. The van der Waals surface area contributed by atoms with Gasteiger partial charge >= 0.3 is 5.97 Å². The van der Waals surface area contributed by atoms with Crippen molar-refractivity contribution in [2.75, 3.05) is 14.1 Å². The molecular formula is C21H37N3O3. The first-order valence-corrected chi connectivity index (χ1v) is 10.4. The minimum atomic E-state index is -0.478. The molecule has 1 fully saturated rings. The van der Waals surface area contributed by atoms with E-state index in [1.165, 1.54) is 38.5 Å². The van der Waals surface area contributed by atoms with Crippen molar-refractivity contribution in [2.45, 2.75) is 96.6 Å². The summed E-state index contributed by atoms with van der Waals surface area (Å²) < 4.78 is 11.0. The number of ether oxygens (including phenoxy) is 1. The average molecular weight is 380 g/mol. The lowest BCUT2D eigenvalue weighted by molar-refractivity contribution is -0.155. The zero-order chi connectivity index (χ0) is 19.9. The Morgan fingerprint density at radius 3 is 2.59 bits per heavy atom. The minimum Gasteiger partial charge on any atom is -0.460 e. The van der Waals surface area contributed by atoms with E-state index in [-0.39, 0.29) is 11.9 Å². The number of carbonyl (C=O) groups excluding carboxylic acids is 1. The maximum absolute atomic E-state index is 12.4. The lowest BCUT2D eigenvalue weighted by atomic mass is 9.84. The second kappa shape index (κ2) is 10.2. The molecule has 0 bridgehead atoms. The number of hydrogen-bond donors (Lipinski definition) is 0. The highest BCUT2D eigenvalue weighted by molar-refractivity contribution is 5.70. The van der Waals surface area contributed by atoms with Gasteiger partial charge in [-0.15, -0.1) is 0 Å². The molecule has 0 aromatic carbocycles. The van der Waals surface area contributed by atoms with Crippen LogP contribution in [-0.4, -0.2) is 40.7 Å². The van der Waals surface area contributed by atoms with E-state index in [4.69, 9.17) is 9.26 Å². The summed E-state index contributed by atoms with van der Waals surface area (Å²) in [6, 6.07) is 0. The first-order chi connectivity index (χ1) is 12.7. The van der Waals surface area contributed by atoms with E-state index in [9.17, 15) is 4.79 Å². The van der Waals surface area contributed by atoms with Gasteiger partial charge in [-0.05, 0) is 47.2 Å². The lowest BCUT2D eigenvalue weighted by Gasteiger charge is -2.23. The molecule has 0 amide bonds. The van der Waals surface area contributed by atoms with Crippen molar-refractivity contribution in [1.29, 1.82) is 0 Å². The van der Waals surface area contributed by atoms with Crippen molar-refractivity contribution in [3.8, 4) is 0 Å². The van der Waals surface area contributed by atoms with E-state index in [1.54, 1.807) is 0 Å². The molecule has 27 heavy (non-hydrogen) atoms. The van der Waals surface area contributed by atoms with E-state index < -0.39 is 5.60 Å². The first kappa shape index (κ1) is 21.9. The summed E-state index contributed by atoms with van der Waals surface area (Å²) in [6.07, 6.45) is 10.3. The van der Waals surface area contributed by atoms with Gasteiger partial charge in [0.15, 0.2) is 5.82 Å². The Kier molecular flexibility index (Phi) is 8.27. The van der Waals surface area contributed by atoms with Gasteiger partial charge in [-0.1, -0.05) is 50.1 Å². The van der Waals surface area contributed by atoms with Gasteiger partial charge < -0.3 is 14.2 Å². The standard InChI is InChI=1S/C21H37N3O3/c1-21(2,3)26-19(25)14-17(13-9-12-16-10-7-6-8-11-16)20-22-18(23-27-20)15-24(4)5/h16-17H,6-15H2,1-5H3/t17-/m1/s1. The van der Waals surface area contributed by atoms with E-state index in [0.29, 0.717) is 24.7 Å². The summed E-state index contributed by atoms with van der Waals surface area (Å²) in [5.74, 6) is 1.81. The monoisotopic (exact) mass is 379 g/mol. The molecule has 1 aromatic rings. The maximum atomic E-state index is 12.4. The topological polar surface area (TPSA) is 68.5 Å². The fraction of sp³-hybridized carbons (Fsp3) is 0.857. The largest absolute Gasteiger partial charge is 0.460 e. The predicted molar refractivity (Wildman–Crippen MR) is 105 cm³/mol. The average Bonchev–Trinajstić information content (AvgIpc) is 3.01. The summed E-state index contributed by atoms with van der Waals surface area (Å²) in [7, 11) is 3.94. The van der Waals surface area contributed by atoms with E-state index >= 15 is 0 Å². The van der Waals surface area contributed by atoms with Crippen LogP contribution in [0.5, 0.6) is 0 Å². The number of hydrogen-bond acceptors (Lipinski definition) is 6. The van der Waals surface area contributed by atoms with Crippen LogP contribution in [0.2, 0.25) is 0 Å². The second-order valence-electron chi connectivity index (χ2n) is 9.21. The highest BCUT2D eigenvalue weighted by Crippen LogP contribution is 2.31. The van der Waals surface area contributed by atoms with Crippen LogP contribution < -0.4 is 0 Å². The molecule has 0 radical (unpaired) electrons. The Labute approximate surface area is 164 Å². The van der Waals surface area contributed by atoms with Crippen molar-refractivity contribution < 1.29 is 14.1 Å². The van der Waals surface area contributed by atoms with Crippen molar-refractivity contribution >= 4 is 5.97 Å². The normalized spacial score (nSPS) is 17.3. The molecule has 1 aliphatic rings. The van der Waals surface area contributed by atoms with Crippen LogP contribution in [-0.2, 0) is 16.1 Å². The van der Waals surface area contributed by atoms with Crippen molar-refractivity contribution in [3.63, 3.8) is 0 Å². The zero-order valence-corrected chi connectivity index (χ0v) is 17.8. The van der Waals surface area contributed by atoms with Gasteiger partial charge in [0.25, 0.3) is 0 Å². The van der Waals surface area contributed by atoms with E-state index in [2.05, 4.69) is 10.1 Å². The van der Waals surface area contributed by atoms with Gasteiger partial charge in [-0.3, -0.25) is 4.79 Å². The fourth-order valence-corrected chi connectivity index (χ4v) is 3.81. The van der Waals surface area contributed by atoms with Crippen LogP contribution in [0.1, 0.15) is 96.2 Å². The van der Waals surface area contributed by atoms with Gasteiger partial charge in [0.2, 0.25) is 5.89 Å². The van der Waals surface area contributed by atoms with Crippen LogP contribution in [0.3, 0.4) is 0 Å². The predicted octanol–water partition coefficient (Wildman–Crippen LogP) is 4.70. The summed E-state index contributed by atoms with van der Waals surface area (Å²) in [6.45, 7) is 6.31. The number of aromatic nitrogens is 2. The van der Waals surface area contributed by atoms with Crippen molar-refractivity contribution in [1.82, 2.24) is 15.0 Å². The van der Waals surface area contributed by atoms with Gasteiger partial charge in [-0.25, -0.2) is 0 Å². The van der Waals surface area contributed by atoms with E-state index in [1.807, 2.05) is 39.8 Å². The van der Waals surface area contributed by atoms with Gasteiger partial charge in [0.05, 0.1) is 13.0 Å². The van der Waals surface area contributed by atoms with Crippen LogP contribution in [0, 0.1) is 5.92 Å². The third-order valence-electron chi connectivity index (χ3n) is 5.01. The molecule has 154 valence electrons. The van der Waals surface area contributed by atoms with Crippen LogP contribution in [0.4, 0.5) is 0 Å². The molecule has 1 saturated carbocycles. The molecule has 2 rings (SSSR count). The highest BCUT2D eigenvalue weighted by Gasteiger charge is 2.26. The SMILES string of the molecule is CN(C)Cc1noc([C@H](CCCC2CCCCC2)CC(=O)OC(C)(C)C)n1. The summed E-state index contributed by atoms with van der Waals surface area (Å²) in [4.78, 5) is 18.9. The van der Waals surface area contributed by atoms with E-state index in [0.717, 1.165) is 18.8 Å². The molecule has 0 N–H and O–H groups in total. The first-order valence-electron chi connectivity index (χ1n) is 10.4. The Morgan fingerprint density at radius 1 is 1.26 bits per heavy atom. The summed E-state index contributed by atoms with van der Waals surface area (Å²) in [5.41, 5.74) is -0.478. The summed E-state index contributed by atoms with van der Waals surface area (Å²) in [5, 5.41) is 4.08. The lowest BCUT2D eigenvalue weighted by Crippen LogP contribution is -2.25. The maximum Gasteiger partial charge on any atom is 0.307 e. The molecule has 0 saturated heterocycles. The highest BCUT2D eigenvalue weighted by atomic mass is 16.6. The molecule has 1 aromatic heterocycles. The molecule has 1 heterocycles. The summed E-state index contributed by atoms with van der Waals surface area (Å²) >= 11 is 0. The Morgan fingerprint density at radius 2 is 1.96 bits per heavy atom. The van der Waals surface area contributed by atoms with Crippen LogP contribution >= 0.6 is 0 Å². The molecule has 6 nitrogen and oxygen atoms in total. The molecule has 6 heteroatoms. The zero-order valence-electron chi connectivity index (χ0n) is 17.8. The number of carbonyl (C=O) groups is 1. The Bertz CT molecular complexity index is 571. The quantitative estimate of drug-likeness (QED) is 0.579. The second-order valence-corrected chi connectivity index (χ2v) is 9.21. The fourth-order valence-electron chi connectivity index (χ4n) is 3.81. The van der Waals surface area contributed by atoms with Gasteiger partial charge in [0, 0.05) is 5.92 Å². The molecule has 0 aliphatic heterocycles. The van der Waals surface area contributed by atoms with Gasteiger partial charge in [0.1, 0.15) is 5.60 Å². The number of esters is 1. The van der Waals surface area contributed by atoms with Crippen molar-refractivity contribution in [2.24, 2.45) is 5.92 Å². The number of rotatable bonds is 9. The van der Waals surface area contributed by atoms with Crippen molar-refractivity contribution in [3.05, 3.63) is 11.7 Å². The van der Waals surface area contributed by atoms with Crippen LogP contribution in [0.15, 0.2) is 4.52 Å². The minimum absolute atomic E-state index is 0.0631. The third kappa shape index (κ3) is 8.41.